The summed E-state index contributed by atoms with van der Waals surface area (Å²) >= 11 is 0. The second-order valence-electron chi connectivity index (χ2n) is 4.30. The Hall–Kier alpha value is -1.58. The van der Waals surface area contributed by atoms with Gasteiger partial charge in [0.05, 0.1) is 13.5 Å². The Kier molecular flexibility index (Phi) is 3.52. The molecule has 0 aliphatic carbocycles. The molecule has 0 unspecified atom stereocenters. The third-order valence-corrected chi connectivity index (χ3v) is 2.53. The summed E-state index contributed by atoms with van der Waals surface area (Å²) in [5.41, 5.74) is 0.195. The van der Waals surface area contributed by atoms with Crippen molar-refractivity contribution in [1.29, 1.82) is 0 Å². The van der Waals surface area contributed by atoms with E-state index < -0.39 is 17.2 Å². The molecule has 1 aromatic rings. The molecule has 0 aromatic heterocycles. The molecule has 1 N–H and O–H groups in total. The van der Waals surface area contributed by atoms with Gasteiger partial charge in [0.25, 0.3) is 0 Å². The number of ether oxygens (including phenoxy) is 1. The monoisotopic (exact) mass is 226 g/mol. The lowest BCUT2D eigenvalue weighted by Gasteiger charge is -2.23. The van der Waals surface area contributed by atoms with Gasteiger partial charge in [-0.15, -0.1) is 0 Å². The van der Waals surface area contributed by atoms with Gasteiger partial charge in [-0.05, 0) is 17.7 Å². The van der Waals surface area contributed by atoms with E-state index in [1.54, 1.807) is 19.9 Å². The number of carbonyl (C=O) groups is 1. The topological polar surface area (TPSA) is 46.5 Å². The Morgan fingerprint density at radius 1 is 1.50 bits per heavy atom. The first-order chi connectivity index (χ1) is 7.36. The summed E-state index contributed by atoms with van der Waals surface area (Å²) in [4.78, 5) is 10.7. The smallest absolute Gasteiger partial charge is 0.304 e. The van der Waals surface area contributed by atoms with Crippen LogP contribution in [0.4, 0.5) is 4.39 Å². The Balaban J connectivity index is 3.08. The highest BCUT2D eigenvalue weighted by atomic mass is 19.1. The molecule has 16 heavy (non-hydrogen) atoms. The molecule has 0 aliphatic heterocycles. The highest BCUT2D eigenvalue weighted by Gasteiger charge is 2.25. The molecule has 0 amide bonds. The van der Waals surface area contributed by atoms with Crippen molar-refractivity contribution < 1.29 is 19.0 Å². The van der Waals surface area contributed by atoms with Crippen molar-refractivity contribution in [3.05, 3.63) is 29.6 Å². The molecule has 0 bridgehead atoms. The van der Waals surface area contributed by atoms with Gasteiger partial charge in [0.1, 0.15) is 0 Å². The molecule has 0 saturated heterocycles. The van der Waals surface area contributed by atoms with Gasteiger partial charge in [-0.3, -0.25) is 4.79 Å². The van der Waals surface area contributed by atoms with E-state index in [1.807, 2.05) is 0 Å². The zero-order valence-corrected chi connectivity index (χ0v) is 9.58. The van der Waals surface area contributed by atoms with Crippen LogP contribution in [0, 0.1) is 5.82 Å². The van der Waals surface area contributed by atoms with Crippen LogP contribution in [0.5, 0.6) is 5.75 Å². The number of carboxylic acids is 1. The second kappa shape index (κ2) is 4.51. The quantitative estimate of drug-likeness (QED) is 0.858. The summed E-state index contributed by atoms with van der Waals surface area (Å²) in [6, 6.07) is 4.41. The van der Waals surface area contributed by atoms with E-state index in [1.165, 1.54) is 19.2 Å². The van der Waals surface area contributed by atoms with Crippen molar-refractivity contribution in [2.75, 3.05) is 7.11 Å². The molecular formula is C12H15FO3. The van der Waals surface area contributed by atoms with Crippen LogP contribution in [0.2, 0.25) is 0 Å². The standard InChI is InChI=1S/C12H15FO3/c1-12(2,7-11(14)15)8-4-5-9(13)10(6-8)16-3/h4-6H,7H2,1-3H3,(H,14,15). The first kappa shape index (κ1) is 12.5. The van der Waals surface area contributed by atoms with Crippen molar-refractivity contribution in [3.63, 3.8) is 0 Å². The van der Waals surface area contributed by atoms with Gasteiger partial charge in [-0.1, -0.05) is 19.9 Å². The van der Waals surface area contributed by atoms with Gasteiger partial charge in [0, 0.05) is 5.41 Å². The molecule has 1 rings (SSSR count). The fourth-order valence-corrected chi connectivity index (χ4v) is 1.56. The number of halogens is 1. The van der Waals surface area contributed by atoms with Crippen molar-refractivity contribution in [1.82, 2.24) is 0 Å². The Bertz CT molecular complexity index is 399. The van der Waals surface area contributed by atoms with Crippen molar-refractivity contribution >= 4 is 5.97 Å². The number of hydrogen-bond donors (Lipinski definition) is 1. The second-order valence-corrected chi connectivity index (χ2v) is 4.30. The molecule has 0 atom stereocenters. The van der Waals surface area contributed by atoms with Gasteiger partial charge in [0.15, 0.2) is 11.6 Å². The van der Waals surface area contributed by atoms with Crippen molar-refractivity contribution in [2.24, 2.45) is 0 Å². The van der Waals surface area contributed by atoms with Crippen LogP contribution >= 0.6 is 0 Å². The molecule has 0 fully saturated rings. The predicted octanol–water partition coefficient (Wildman–Crippen LogP) is 2.59. The lowest BCUT2D eigenvalue weighted by atomic mass is 9.81. The molecule has 88 valence electrons. The molecule has 4 heteroatoms. The first-order valence-electron chi connectivity index (χ1n) is 4.92. The number of aliphatic carboxylic acids is 1. The Labute approximate surface area is 93.9 Å². The molecule has 3 nitrogen and oxygen atoms in total. The van der Waals surface area contributed by atoms with Crippen LogP contribution in [0.15, 0.2) is 18.2 Å². The van der Waals surface area contributed by atoms with Crippen LogP contribution < -0.4 is 4.74 Å². The molecular weight excluding hydrogens is 211 g/mol. The highest BCUT2D eigenvalue weighted by Crippen LogP contribution is 2.30. The lowest BCUT2D eigenvalue weighted by Crippen LogP contribution is -2.21. The number of rotatable bonds is 4. The normalized spacial score (nSPS) is 11.2. The molecule has 0 spiro atoms. The summed E-state index contributed by atoms with van der Waals surface area (Å²) in [7, 11) is 1.38. The largest absolute Gasteiger partial charge is 0.494 e. The van der Waals surface area contributed by atoms with E-state index >= 15 is 0 Å². The van der Waals surface area contributed by atoms with E-state index in [9.17, 15) is 9.18 Å². The predicted molar refractivity (Wildman–Crippen MR) is 58.2 cm³/mol. The summed E-state index contributed by atoms with van der Waals surface area (Å²) in [6.45, 7) is 3.60. The maximum atomic E-state index is 13.2. The maximum Gasteiger partial charge on any atom is 0.304 e. The van der Waals surface area contributed by atoms with Crippen LogP contribution in [0.3, 0.4) is 0 Å². The van der Waals surface area contributed by atoms with E-state index in [-0.39, 0.29) is 12.2 Å². The SMILES string of the molecule is COc1cc(C(C)(C)CC(=O)O)ccc1F. The Morgan fingerprint density at radius 3 is 2.62 bits per heavy atom. The minimum atomic E-state index is -0.881. The summed E-state index contributed by atoms with van der Waals surface area (Å²) in [5.74, 6) is -1.19. The minimum Gasteiger partial charge on any atom is -0.494 e. The van der Waals surface area contributed by atoms with Gasteiger partial charge in [-0.2, -0.15) is 0 Å². The van der Waals surface area contributed by atoms with Gasteiger partial charge in [0.2, 0.25) is 0 Å². The highest BCUT2D eigenvalue weighted by molar-refractivity contribution is 5.69. The van der Waals surface area contributed by atoms with Crippen molar-refractivity contribution in [3.8, 4) is 5.75 Å². The summed E-state index contributed by atoms with van der Waals surface area (Å²) < 4.78 is 18.0. The summed E-state index contributed by atoms with van der Waals surface area (Å²) in [6.07, 6.45) is -0.0121. The van der Waals surface area contributed by atoms with Crippen LogP contribution in [-0.4, -0.2) is 18.2 Å². The zero-order chi connectivity index (χ0) is 12.3. The third kappa shape index (κ3) is 2.72. The van der Waals surface area contributed by atoms with E-state index in [4.69, 9.17) is 9.84 Å². The van der Waals surface area contributed by atoms with Gasteiger partial charge < -0.3 is 9.84 Å². The van der Waals surface area contributed by atoms with Crippen LogP contribution in [0.1, 0.15) is 25.8 Å². The average Bonchev–Trinajstić information content (AvgIpc) is 2.16. The van der Waals surface area contributed by atoms with E-state index in [2.05, 4.69) is 0 Å². The number of carboxylic acid groups (broad SMARTS) is 1. The number of benzene rings is 1. The molecule has 0 heterocycles. The minimum absolute atomic E-state index is 0.0121. The lowest BCUT2D eigenvalue weighted by molar-refractivity contribution is -0.138. The number of hydrogen-bond acceptors (Lipinski definition) is 2. The molecule has 1 aromatic carbocycles. The molecule has 0 radical (unpaired) electrons. The first-order valence-corrected chi connectivity index (χ1v) is 4.92. The van der Waals surface area contributed by atoms with E-state index in [0.29, 0.717) is 0 Å². The van der Waals surface area contributed by atoms with Crippen molar-refractivity contribution in [2.45, 2.75) is 25.7 Å². The van der Waals surface area contributed by atoms with Crippen LogP contribution in [-0.2, 0) is 10.2 Å². The zero-order valence-electron chi connectivity index (χ0n) is 9.58. The summed E-state index contributed by atoms with van der Waals surface area (Å²) in [5, 5.41) is 8.79. The molecule has 0 aliphatic rings. The maximum absolute atomic E-state index is 13.2. The van der Waals surface area contributed by atoms with E-state index in [0.717, 1.165) is 5.56 Å². The van der Waals surface area contributed by atoms with Gasteiger partial charge >= 0.3 is 5.97 Å². The number of methoxy groups -OCH3 is 1. The fourth-order valence-electron chi connectivity index (χ4n) is 1.56. The Morgan fingerprint density at radius 2 is 2.12 bits per heavy atom. The third-order valence-electron chi connectivity index (χ3n) is 2.53. The average molecular weight is 226 g/mol. The fraction of sp³-hybridized carbons (Fsp3) is 0.417. The van der Waals surface area contributed by atoms with Gasteiger partial charge in [-0.25, -0.2) is 4.39 Å². The van der Waals surface area contributed by atoms with Crippen LogP contribution in [0.25, 0.3) is 0 Å². The molecule has 0 saturated carbocycles.